The average Bonchev–Trinajstić information content (AvgIpc) is 2.26. The maximum Gasteiger partial charge on any atom is 0.225 e. The van der Waals surface area contributed by atoms with Gasteiger partial charge in [0.2, 0.25) is 5.91 Å². The van der Waals surface area contributed by atoms with Crippen LogP contribution in [0.2, 0.25) is 0 Å². The van der Waals surface area contributed by atoms with Gasteiger partial charge >= 0.3 is 0 Å². The van der Waals surface area contributed by atoms with E-state index in [0.29, 0.717) is 17.7 Å². The van der Waals surface area contributed by atoms with Gasteiger partial charge in [-0.3, -0.25) is 4.79 Å². The van der Waals surface area contributed by atoms with E-state index in [1.54, 1.807) is 0 Å². The molecule has 0 N–H and O–H groups in total. The minimum atomic E-state index is 0.313. The van der Waals surface area contributed by atoms with Crippen molar-refractivity contribution >= 4 is 5.91 Å². The van der Waals surface area contributed by atoms with Gasteiger partial charge in [0.25, 0.3) is 0 Å². The zero-order valence-corrected chi connectivity index (χ0v) is 11.3. The molecule has 1 rings (SSSR count). The molecular weight excluding hydrogens is 198 g/mol. The van der Waals surface area contributed by atoms with E-state index in [1.807, 2.05) is 11.9 Å². The molecule has 2 heteroatoms. The Kier molecular flexibility index (Phi) is 5.30. The third kappa shape index (κ3) is 4.15. The van der Waals surface area contributed by atoms with Crippen molar-refractivity contribution in [2.45, 2.75) is 52.9 Å². The molecular formula is C14H27NO. The number of carbonyl (C=O) groups is 1. The van der Waals surface area contributed by atoms with Crippen LogP contribution in [-0.4, -0.2) is 24.4 Å². The summed E-state index contributed by atoms with van der Waals surface area (Å²) in [4.78, 5) is 14.1. The van der Waals surface area contributed by atoms with E-state index in [2.05, 4.69) is 20.8 Å². The van der Waals surface area contributed by atoms with E-state index in [4.69, 9.17) is 0 Å². The highest BCUT2D eigenvalue weighted by Crippen LogP contribution is 2.29. The zero-order valence-electron chi connectivity index (χ0n) is 11.3. The van der Waals surface area contributed by atoms with Crippen LogP contribution in [0.3, 0.4) is 0 Å². The predicted molar refractivity (Wildman–Crippen MR) is 68.2 cm³/mol. The molecule has 0 heterocycles. The van der Waals surface area contributed by atoms with Crippen molar-refractivity contribution in [2.24, 2.45) is 17.8 Å². The number of rotatable bonds is 4. The van der Waals surface area contributed by atoms with E-state index in [1.165, 1.54) is 12.8 Å². The molecule has 0 unspecified atom stereocenters. The average molecular weight is 225 g/mol. The molecule has 0 aromatic heterocycles. The fourth-order valence-electron chi connectivity index (χ4n) is 2.38. The van der Waals surface area contributed by atoms with Crippen LogP contribution in [-0.2, 0) is 4.79 Å². The van der Waals surface area contributed by atoms with Crippen LogP contribution in [0.1, 0.15) is 52.9 Å². The Morgan fingerprint density at radius 2 is 1.81 bits per heavy atom. The van der Waals surface area contributed by atoms with Crippen molar-refractivity contribution in [1.29, 1.82) is 0 Å². The van der Waals surface area contributed by atoms with E-state index in [-0.39, 0.29) is 0 Å². The maximum absolute atomic E-state index is 12.1. The molecule has 0 bridgehead atoms. The molecule has 0 atom stereocenters. The SMILES string of the molecule is CC(C)CCN(C)C(=O)[C@H]1CC[C@H](C)CC1. The van der Waals surface area contributed by atoms with E-state index >= 15 is 0 Å². The highest BCUT2D eigenvalue weighted by atomic mass is 16.2. The summed E-state index contributed by atoms with van der Waals surface area (Å²) in [7, 11) is 1.96. The predicted octanol–water partition coefficient (Wildman–Crippen LogP) is 3.32. The molecule has 0 aromatic rings. The van der Waals surface area contributed by atoms with Gasteiger partial charge in [-0.25, -0.2) is 0 Å². The fraction of sp³-hybridized carbons (Fsp3) is 0.929. The lowest BCUT2D eigenvalue weighted by Gasteiger charge is -2.29. The Bertz CT molecular complexity index is 217. The molecule has 1 amide bonds. The van der Waals surface area contributed by atoms with Crippen molar-refractivity contribution < 1.29 is 4.79 Å². The summed E-state index contributed by atoms with van der Waals surface area (Å²) in [5.74, 6) is 2.20. The molecule has 94 valence electrons. The maximum atomic E-state index is 12.1. The normalized spacial score (nSPS) is 25.8. The van der Waals surface area contributed by atoms with E-state index in [9.17, 15) is 4.79 Å². The van der Waals surface area contributed by atoms with Gasteiger partial charge in [0, 0.05) is 19.5 Å². The van der Waals surface area contributed by atoms with E-state index in [0.717, 1.165) is 31.7 Å². The van der Waals surface area contributed by atoms with Gasteiger partial charge < -0.3 is 4.90 Å². The van der Waals surface area contributed by atoms with E-state index < -0.39 is 0 Å². The van der Waals surface area contributed by atoms with Crippen LogP contribution in [0.4, 0.5) is 0 Å². The van der Waals surface area contributed by atoms with Crippen LogP contribution >= 0.6 is 0 Å². The first-order chi connectivity index (χ1) is 7.50. The summed E-state index contributed by atoms with van der Waals surface area (Å²) >= 11 is 0. The van der Waals surface area contributed by atoms with Gasteiger partial charge in [0.1, 0.15) is 0 Å². The van der Waals surface area contributed by atoms with Gasteiger partial charge in [0.05, 0.1) is 0 Å². The van der Waals surface area contributed by atoms with Crippen LogP contribution in [0, 0.1) is 17.8 Å². The minimum Gasteiger partial charge on any atom is -0.346 e. The minimum absolute atomic E-state index is 0.313. The Morgan fingerprint density at radius 1 is 1.25 bits per heavy atom. The zero-order chi connectivity index (χ0) is 12.1. The quantitative estimate of drug-likeness (QED) is 0.718. The Labute approximate surface area is 100 Å². The summed E-state index contributed by atoms with van der Waals surface area (Å²) < 4.78 is 0. The first-order valence-electron chi connectivity index (χ1n) is 6.75. The lowest BCUT2D eigenvalue weighted by molar-refractivity contribution is -0.135. The number of hydrogen-bond acceptors (Lipinski definition) is 1. The van der Waals surface area contributed by atoms with Gasteiger partial charge in [-0.05, 0) is 43.9 Å². The Hall–Kier alpha value is -0.530. The van der Waals surface area contributed by atoms with Crippen LogP contribution < -0.4 is 0 Å². The highest BCUT2D eigenvalue weighted by molar-refractivity contribution is 5.78. The topological polar surface area (TPSA) is 20.3 Å². The Balaban J connectivity index is 2.32. The third-order valence-electron chi connectivity index (χ3n) is 3.78. The standard InChI is InChI=1S/C14H27NO/c1-11(2)9-10-15(4)14(16)13-7-5-12(3)6-8-13/h11-13H,5-10H2,1-4H3/t12-,13-. The summed E-state index contributed by atoms with van der Waals surface area (Å²) in [5, 5.41) is 0. The summed E-state index contributed by atoms with van der Waals surface area (Å²) in [6, 6.07) is 0. The van der Waals surface area contributed by atoms with Crippen molar-refractivity contribution in [3.05, 3.63) is 0 Å². The molecule has 16 heavy (non-hydrogen) atoms. The molecule has 1 saturated carbocycles. The summed E-state index contributed by atoms with van der Waals surface area (Å²) in [6.07, 6.45) is 5.78. The fourth-order valence-corrected chi connectivity index (χ4v) is 2.38. The number of nitrogens with zero attached hydrogens (tertiary/aromatic N) is 1. The van der Waals surface area contributed by atoms with Crippen molar-refractivity contribution in [3.63, 3.8) is 0 Å². The molecule has 0 aliphatic heterocycles. The number of amides is 1. The van der Waals surface area contributed by atoms with Crippen molar-refractivity contribution in [3.8, 4) is 0 Å². The molecule has 0 saturated heterocycles. The number of hydrogen-bond donors (Lipinski definition) is 0. The largest absolute Gasteiger partial charge is 0.346 e. The first-order valence-corrected chi connectivity index (χ1v) is 6.75. The molecule has 2 nitrogen and oxygen atoms in total. The van der Waals surface area contributed by atoms with Crippen LogP contribution in [0.25, 0.3) is 0 Å². The lowest BCUT2D eigenvalue weighted by Crippen LogP contribution is -2.35. The highest BCUT2D eigenvalue weighted by Gasteiger charge is 2.26. The second-order valence-electron chi connectivity index (χ2n) is 5.90. The van der Waals surface area contributed by atoms with Crippen molar-refractivity contribution in [1.82, 2.24) is 4.90 Å². The molecule has 0 spiro atoms. The molecule has 1 aliphatic rings. The summed E-state index contributed by atoms with van der Waals surface area (Å²) in [6.45, 7) is 7.63. The van der Waals surface area contributed by atoms with Gasteiger partial charge in [-0.1, -0.05) is 20.8 Å². The van der Waals surface area contributed by atoms with Gasteiger partial charge in [0.15, 0.2) is 0 Å². The van der Waals surface area contributed by atoms with Crippen LogP contribution in [0.15, 0.2) is 0 Å². The molecule has 1 aliphatic carbocycles. The van der Waals surface area contributed by atoms with Gasteiger partial charge in [-0.2, -0.15) is 0 Å². The first kappa shape index (κ1) is 13.5. The molecule has 1 fully saturated rings. The second kappa shape index (κ2) is 6.27. The second-order valence-corrected chi connectivity index (χ2v) is 5.90. The van der Waals surface area contributed by atoms with Crippen molar-refractivity contribution in [2.75, 3.05) is 13.6 Å². The third-order valence-corrected chi connectivity index (χ3v) is 3.78. The van der Waals surface area contributed by atoms with Gasteiger partial charge in [-0.15, -0.1) is 0 Å². The number of carbonyl (C=O) groups excluding carboxylic acids is 1. The monoisotopic (exact) mass is 225 g/mol. The van der Waals surface area contributed by atoms with Crippen LogP contribution in [0.5, 0.6) is 0 Å². The Morgan fingerprint density at radius 3 is 2.31 bits per heavy atom. The summed E-state index contributed by atoms with van der Waals surface area (Å²) in [5.41, 5.74) is 0. The molecule has 0 radical (unpaired) electrons. The lowest BCUT2D eigenvalue weighted by atomic mass is 9.82. The molecule has 0 aromatic carbocycles. The smallest absolute Gasteiger partial charge is 0.225 e.